The smallest absolute Gasteiger partial charge is 0.310 e. The summed E-state index contributed by atoms with van der Waals surface area (Å²) in [7, 11) is 2.02. The molecule has 0 bridgehead atoms. The molecule has 0 saturated heterocycles. The van der Waals surface area contributed by atoms with Gasteiger partial charge in [-0.05, 0) is 72.6 Å². The molecular formula is C35H31FN2O5. The van der Waals surface area contributed by atoms with Crippen LogP contribution >= 0.6 is 0 Å². The van der Waals surface area contributed by atoms with Crippen molar-refractivity contribution in [2.45, 2.75) is 26.1 Å². The van der Waals surface area contributed by atoms with Gasteiger partial charge in [0, 0.05) is 23.7 Å². The second kappa shape index (κ2) is 12.0. The topological polar surface area (TPSA) is 70.0 Å². The van der Waals surface area contributed by atoms with Gasteiger partial charge < -0.3 is 19.1 Å². The van der Waals surface area contributed by atoms with E-state index in [0.29, 0.717) is 46.6 Å². The molecule has 4 aromatic carbocycles. The zero-order chi connectivity index (χ0) is 29.9. The van der Waals surface area contributed by atoms with Crippen LogP contribution in [0.25, 0.3) is 10.9 Å². The van der Waals surface area contributed by atoms with Crippen molar-refractivity contribution in [3.8, 4) is 11.5 Å². The maximum Gasteiger partial charge on any atom is 0.310 e. The Balaban J connectivity index is 1.17. The van der Waals surface area contributed by atoms with Crippen molar-refractivity contribution in [3.63, 3.8) is 0 Å². The average molecular weight is 579 g/mol. The van der Waals surface area contributed by atoms with Crippen molar-refractivity contribution >= 4 is 28.5 Å². The van der Waals surface area contributed by atoms with Crippen LogP contribution in [0.15, 0.2) is 97.1 Å². The first kappa shape index (κ1) is 28.0. The Morgan fingerprint density at radius 3 is 2.49 bits per heavy atom. The van der Waals surface area contributed by atoms with E-state index >= 15 is 0 Å². The van der Waals surface area contributed by atoms with Gasteiger partial charge in [0.15, 0.2) is 0 Å². The van der Waals surface area contributed by atoms with Gasteiger partial charge in [-0.3, -0.25) is 14.2 Å². The van der Waals surface area contributed by atoms with Crippen LogP contribution in [0.2, 0.25) is 0 Å². The number of para-hydroxylation sites is 2. The first-order valence-corrected chi connectivity index (χ1v) is 14.1. The number of likely N-dealkylation sites (N-methyl/N-ethyl adjacent to an activating group) is 1. The Hall–Kier alpha value is -5.11. The highest BCUT2D eigenvalue weighted by Crippen LogP contribution is 2.32. The summed E-state index contributed by atoms with van der Waals surface area (Å²) < 4.78 is 33.4. The van der Waals surface area contributed by atoms with Crippen molar-refractivity contribution in [2.75, 3.05) is 25.1 Å². The van der Waals surface area contributed by atoms with Crippen LogP contribution in [0, 0.1) is 12.7 Å². The normalized spacial score (nSPS) is 14.2. The zero-order valence-electron chi connectivity index (χ0n) is 24.0. The summed E-state index contributed by atoms with van der Waals surface area (Å²) in [6, 6.07) is 28.4. The van der Waals surface area contributed by atoms with E-state index in [1.807, 2.05) is 61.6 Å². The van der Waals surface area contributed by atoms with Crippen LogP contribution in [-0.2, 0) is 22.6 Å². The summed E-state index contributed by atoms with van der Waals surface area (Å²) in [6.07, 6.45) is -0.234. The van der Waals surface area contributed by atoms with E-state index in [4.69, 9.17) is 14.2 Å². The minimum atomic E-state index is -0.458. The summed E-state index contributed by atoms with van der Waals surface area (Å²) in [5, 5.41) is 0.501. The predicted molar refractivity (Wildman–Crippen MR) is 162 cm³/mol. The van der Waals surface area contributed by atoms with Crippen molar-refractivity contribution in [3.05, 3.63) is 125 Å². The summed E-state index contributed by atoms with van der Waals surface area (Å²) >= 11 is 0. The largest absolute Gasteiger partial charge is 0.490 e. The number of hydrogen-bond acceptors (Lipinski definition) is 6. The second-order valence-electron chi connectivity index (χ2n) is 10.6. The number of nitrogens with zero attached hydrogens (tertiary/aromatic N) is 2. The molecule has 0 amide bonds. The fourth-order valence-electron chi connectivity index (χ4n) is 5.47. The molecule has 0 radical (unpaired) electrons. The molecule has 43 heavy (non-hydrogen) atoms. The molecule has 2 heterocycles. The molecule has 5 aromatic rings. The molecule has 1 aromatic heterocycles. The van der Waals surface area contributed by atoms with Gasteiger partial charge >= 0.3 is 5.97 Å². The standard InChI is InChI=1S/C35H31FN2O5/c1-23-29(19-34(39)42-21-24-8-4-3-5-9-24)30-18-26(36)14-17-31(30)38(23)35(40)25-12-15-27(16-13-25)41-22-28-20-37(2)32-10-6-7-11-33(32)43-28/h3-18,28H,19-22H2,1-2H3/t28-/m0/s1. The van der Waals surface area contributed by atoms with E-state index in [1.165, 1.54) is 16.7 Å². The predicted octanol–water partition coefficient (Wildman–Crippen LogP) is 6.34. The Labute approximate surface area is 249 Å². The number of fused-ring (bicyclic) bond motifs is 2. The number of carbonyl (C=O) groups is 2. The van der Waals surface area contributed by atoms with Crippen LogP contribution in [0.5, 0.6) is 11.5 Å². The molecular weight excluding hydrogens is 547 g/mol. The monoisotopic (exact) mass is 578 g/mol. The highest BCUT2D eigenvalue weighted by atomic mass is 19.1. The van der Waals surface area contributed by atoms with Gasteiger partial charge in [0.1, 0.15) is 36.6 Å². The lowest BCUT2D eigenvalue weighted by Crippen LogP contribution is -2.41. The van der Waals surface area contributed by atoms with Crippen molar-refractivity contribution in [2.24, 2.45) is 0 Å². The third kappa shape index (κ3) is 5.95. The van der Waals surface area contributed by atoms with Gasteiger partial charge in [-0.2, -0.15) is 0 Å². The third-order valence-electron chi connectivity index (χ3n) is 7.65. The van der Waals surface area contributed by atoms with Crippen molar-refractivity contribution in [1.82, 2.24) is 4.57 Å². The first-order chi connectivity index (χ1) is 20.9. The van der Waals surface area contributed by atoms with Crippen LogP contribution in [-0.4, -0.2) is 42.7 Å². The molecule has 0 spiro atoms. The fourth-order valence-corrected chi connectivity index (χ4v) is 5.47. The summed E-state index contributed by atoms with van der Waals surface area (Å²) in [5.74, 6) is 0.233. The van der Waals surface area contributed by atoms with Crippen LogP contribution in [0.3, 0.4) is 0 Å². The van der Waals surface area contributed by atoms with E-state index in [0.717, 1.165) is 17.0 Å². The Bertz CT molecular complexity index is 1780. The lowest BCUT2D eigenvalue weighted by Gasteiger charge is -2.33. The number of ether oxygens (including phenoxy) is 3. The molecule has 218 valence electrons. The number of aromatic nitrogens is 1. The van der Waals surface area contributed by atoms with Gasteiger partial charge in [-0.15, -0.1) is 0 Å². The number of rotatable bonds is 8. The fraction of sp³-hybridized carbons (Fsp3) is 0.200. The van der Waals surface area contributed by atoms with Crippen molar-refractivity contribution in [1.29, 1.82) is 0 Å². The van der Waals surface area contributed by atoms with Gasteiger partial charge in [-0.25, -0.2) is 4.39 Å². The number of anilines is 1. The maximum atomic E-state index is 14.3. The molecule has 0 aliphatic carbocycles. The number of benzene rings is 4. The van der Waals surface area contributed by atoms with Crippen LogP contribution in [0.1, 0.15) is 27.2 Å². The average Bonchev–Trinajstić information content (AvgIpc) is 3.29. The van der Waals surface area contributed by atoms with Gasteiger partial charge in [0.25, 0.3) is 5.91 Å². The molecule has 8 heteroatoms. The molecule has 6 rings (SSSR count). The molecule has 7 nitrogen and oxygen atoms in total. The lowest BCUT2D eigenvalue weighted by atomic mass is 10.1. The molecule has 0 fully saturated rings. The van der Waals surface area contributed by atoms with E-state index in [1.54, 1.807) is 37.3 Å². The Kier molecular flexibility index (Phi) is 7.83. The quantitative estimate of drug-likeness (QED) is 0.200. The van der Waals surface area contributed by atoms with E-state index in [-0.39, 0.29) is 25.0 Å². The maximum absolute atomic E-state index is 14.3. The van der Waals surface area contributed by atoms with E-state index < -0.39 is 11.8 Å². The van der Waals surface area contributed by atoms with E-state index in [9.17, 15) is 14.0 Å². The SMILES string of the molecule is Cc1c(CC(=O)OCc2ccccc2)c2cc(F)ccc2n1C(=O)c1ccc(OC[C@@H]2CN(C)c3ccccc3O2)cc1. The molecule has 0 N–H and O–H groups in total. The Morgan fingerprint density at radius 1 is 0.953 bits per heavy atom. The summed E-state index contributed by atoms with van der Waals surface area (Å²) in [4.78, 5) is 28.6. The molecule has 1 aliphatic rings. The van der Waals surface area contributed by atoms with Crippen LogP contribution in [0.4, 0.5) is 10.1 Å². The second-order valence-corrected chi connectivity index (χ2v) is 10.6. The van der Waals surface area contributed by atoms with Crippen molar-refractivity contribution < 1.29 is 28.2 Å². The Morgan fingerprint density at radius 2 is 1.70 bits per heavy atom. The highest BCUT2D eigenvalue weighted by molar-refractivity contribution is 6.04. The number of carbonyl (C=O) groups excluding carboxylic acids is 2. The minimum Gasteiger partial charge on any atom is -0.490 e. The lowest BCUT2D eigenvalue weighted by molar-refractivity contribution is -0.144. The molecule has 1 atom stereocenters. The van der Waals surface area contributed by atoms with Gasteiger partial charge in [0.2, 0.25) is 0 Å². The van der Waals surface area contributed by atoms with Crippen LogP contribution < -0.4 is 14.4 Å². The number of esters is 1. The molecule has 0 saturated carbocycles. The van der Waals surface area contributed by atoms with E-state index in [2.05, 4.69) is 4.90 Å². The zero-order valence-corrected chi connectivity index (χ0v) is 24.0. The summed E-state index contributed by atoms with van der Waals surface area (Å²) in [5.41, 5.74) is 3.98. The van der Waals surface area contributed by atoms with Gasteiger partial charge in [-0.1, -0.05) is 42.5 Å². The number of halogens is 1. The molecule has 0 unspecified atom stereocenters. The highest BCUT2D eigenvalue weighted by Gasteiger charge is 2.25. The minimum absolute atomic E-state index is 0.0887. The third-order valence-corrected chi connectivity index (χ3v) is 7.65. The van der Waals surface area contributed by atoms with Gasteiger partial charge in [0.05, 0.1) is 24.2 Å². The number of hydrogen-bond donors (Lipinski definition) is 0. The summed E-state index contributed by atoms with van der Waals surface area (Å²) in [6.45, 7) is 2.93. The molecule has 1 aliphatic heterocycles. The first-order valence-electron chi connectivity index (χ1n) is 14.1.